The normalized spacial score (nSPS) is 11.2. The minimum Gasteiger partial charge on any atom is -0.507 e. The Labute approximate surface area is 220 Å². The number of fused-ring (bicyclic) bond motifs is 1. The first-order chi connectivity index (χ1) is 17.8. The average molecular weight is 525 g/mol. The van der Waals surface area contributed by atoms with Crippen LogP contribution in [0.4, 0.5) is 0 Å². The van der Waals surface area contributed by atoms with E-state index >= 15 is 0 Å². The zero-order valence-corrected chi connectivity index (χ0v) is 22.2. The fourth-order valence-electron chi connectivity index (χ4n) is 4.08. The summed E-state index contributed by atoms with van der Waals surface area (Å²) in [6, 6.07) is 8.32. The van der Waals surface area contributed by atoms with E-state index in [1.165, 1.54) is 30.4 Å². The lowest BCUT2D eigenvalue weighted by Gasteiger charge is -2.16. The van der Waals surface area contributed by atoms with E-state index < -0.39 is 5.97 Å². The number of carboxylic acids is 1. The fraction of sp³-hybridized carbons (Fsp3) is 0.345. The number of phenols is 1. The smallest absolute Gasteiger partial charge is 0.328 e. The Morgan fingerprint density at radius 1 is 0.973 bits per heavy atom. The van der Waals surface area contributed by atoms with Crippen molar-refractivity contribution in [2.24, 2.45) is 0 Å². The number of Topliss-reactive ketones (excluding diaryl/α,β-unsaturated/α-hetero) is 1. The maximum Gasteiger partial charge on any atom is 0.328 e. The second kappa shape index (κ2) is 13.1. The van der Waals surface area contributed by atoms with Crippen LogP contribution < -0.4 is 14.9 Å². The van der Waals surface area contributed by atoms with Crippen LogP contribution in [0.3, 0.4) is 0 Å². The summed E-state index contributed by atoms with van der Waals surface area (Å²) in [5.74, 6) is -0.0178. The van der Waals surface area contributed by atoms with Gasteiger partial charge in [0.2, 0.25) is 0 Å². The average Bonchev–Trinajstić information content (AvgIpc) is 2.85. The topological polar surface area (TPSA) is 110 Å². The summed E-state index contributed by atoms with van der Waals surface area (Å²) in [7, 11) is 0. The highest BCUT2D eigenvalue weighted by molar-refractivity contribution is 7.19. The number of hydrogen-bond acceptors (Lipinski definition) is 7. The molecule has 0 bridgehead atoms. The van der Waals surface area contributed by atoms with Gasteiger partial charge in [0.25, 0.3) is 0 Å². The molecule has 196 valence electrons. The van der Waals surface area contributed by atoms with Gasteiger partial charge in [-0.25, -0.2) is 4.79 Å². The van der Waals surface area contributed by atoms with Crippen LogP contribution in [0, 0.1) is 0 Å². The number of aryl methyl sites for hydroxylation is 1. The molecule has 37 heavy (non-hydrogen) atoms. The third-order valence-electron chi connectivity index (χ3n) is 5.79. The standard InChI is InChI=1S/C29H32O7S/c1-4-7-22-25(12-10-20(18(3)30)28(22)34)35-15-6-16-36-26-13-11-21-24(31)17-19(9-14-27(32)33)37-29(21)23(26)8-5-2/h9-14,17,34H,4-8,15-16H2,1-3H3,(H,32,33)/b14-9+. The highest BCUT2D eigenvalue weighted by Gasteiger charge is 2.16. The Hall–Kier alpha value is -3.65. The molecule has 2 N–H and O–H groups in total. The lowest BCUT2D eigenvalue weighted by molar-refractivity contribution is -0.131. The molecule has 7 nitrogen and oxygen atoms in total. The lowest BCUT2D eigenvalue weighted by Crippen LogP contribution is -2.09. The van der Waals surface area contributed by atoms with Crippen LogP contribution in [0.15, 0.2) is 41.2 Å². The minimum absolute atomic E-state index is 0.0139. The number of carbonyl (C=O) groups excluding carboxylic acids is 1. The lowest BCUT2D eigenvalue weighted by atomic mass is 10.0. The Morgan fingerprint density at radius 2 is 1.59 bits per heavy atom. The molecule has 1 heterocycles. The number of hydrogen-bond donors (Lipinski definition) is 2. The maximum atomic E-state index is 12.6. The van der Waals surface area contributed by atoms with Gasteiger partial charge < -0.3 is 19.7 Å². The molecule has 0 aliphatic heterocycles. The maximum absolute atomic E-state index is 12.6. The number of ether oxygens (including phenoxy) is 2. The summed E-state index contributed by atoms with van der Waals surface area (Å²) in [6.07, 6.45) is 6.02. The summed E-state index contributed by atoms with van der Waals surface area (Å²) in [6.45, 7) is 6.22. The van der Waals surface area contributed by atoms with Crippen molar-refractivity contribution in [1.82, 2.24) is 0 Å². The molecule has 0 radical (unpaired) electrons. The monoisotopic (exact) mass is 524 g/mol. The number of benzene rings is 2. The van der Waals surface area contributed by atoms with Crippen LogP contribution in [0.5, 0.6) is 17.2 Å². The van der Waals surface area contributed by atoms with Gasteiger partial charge in [0.15, 0.2) is 11.2 Å². The van der Waals surface area contributed by atoms with Crippen LogP contribution in [-0.4, -0.2) is 35.2 Å². The van der Waals surface area contributed by atoms with Gasteiger partial charge in [-0.3, -0.25) is 9.59 Å². The SMILES string of the molecule is CCCc1c(OCCCOc2ccc3c(=O)cc(/C=C/C(=O)O)sc3c2CCC)ccc(C(C)=O)c1O. The summed E-state index contributed by atoms with van der Waals surface area (Å²) in [5.41, 5.74) is 1.71. The summed E-state index contributed by atoms with van der Waals surface area (Å²) >= 11 is 1.37. The second-order valence-electron chi connectivity index (χ2n) is 8.65. The van der Waals surface area contributed by atoms with Gasteiger partial charge in [-0.1, -0.05) is 26.7 Å². The Morgan fingerprint density at radius 3 is 2.22 bits per heavy atom. The van der Waals surface area contributed by atoms with Crippen molar-refractivity contribution in [2.75, 3.05) is 13.2 Å². The minimum atomic E-state index is -1.07. The molecule has 0 saturated heterocycles. The second-order valence-corrected chi connectivity index (χ2v) is 9.73. The highest BCUT2D eigenvalue weighted by Crippen LogP contribution is 2.34. The molecule has 2 aromatic carbocycles. The molecule has 0 amide bonds. The molecule has 3 aromatic rings. The molecule has 0 atom stereocenters. The van der Waals surface area contributed by atoms with Crippen molar-refractivity contribution < 1.29 is 29.3 Å². The fourth-order valence-corrected chi connectivity index (χ4v) is 5.23. The van der Waals surface area contributed by atoms with E-state index in [-0.39, 0.29) is 17.0 Å². The molecule has 0 aliphatic rings. The van der Waals surface area contributed by atoms with Gasteiger partial charge >= 0.3 is 5.97 Å². The van der Waals surface area contributed by atoms with E-state index in [1.807, 2.05) is 19.9 Å². The summed E-state index contributed by atoms with van der Waals surface area (Å²) in [4.78, 5) is 35.9. The van der Waals surface area contributed by atoms with E-state index in [2.05, 4.69) is 0 Å². The molecule has 0 fully saturated rings. The van der Waals surface area contributed by atoms with Gasteiger partial charge in [0.1, 0.15) is 17.2 Å². The van der Waals surface area contributed by atoms with Crippen LogP contribution in [-0.2, 0) is 17.6 Å². The van der Waals surface area contributed by atoms with E-state index in [0.29, 0.717) is 65.4 Å². The third-order valence-corrected chi connectivity index (χ3v) is 6.95. The van der Waals surface area contributed by atoms with Crippen molar-refractivity contribution in [3.8, 4) is 17.2 Å². The van der Waals surface area contributed by atoms with Gasteiger partial charge in [0, 0.05) is 44.7 Å². The van der Waals surface area contributed by atoms with E-state index in [4.69, 9.17) is 14.6 Å². The zero-order valence-electron chi connectivity index (χ0n) is 21.3. The highest BCUT2D eigenvalue weighted by atomic mass is 32.1. The van der Waals surface area contributed by atoms with Crippen molar-refractivity contribution in [3.63, 3.8) is 0 Å². The van der Waals surface area contributed by atoms with E-state index in [9.17, 15) is 19.5 Å². The van der Waals surface area contributed by atoms with Crippen LogP contribution in [0.2, 0.25) is 0 Å². The molecule has 1 aromatic heterocycles. The molecule has 8 heteroatoms. The van der Waals surface area contributed by atoms with Gasteiger partial charge in [-0.2, -0.15) is 0 Å². The van der Waals surface area contributed by atoms with Crippen molar-refractivity contribution in [1.29, 1.82) is 0 Å². The number of carboxylic acid groups (broad SMARTS) is 1. The summed E-state index contributed by atoms with van der Waals surface area (Å²) < 4.78 is 12.8. The molecule has 0 aliphatic carbocycles. The van der Waals surface area contributed by atoms with Gasteiger partial charge in [0.05, 0.1) is 18.8 Å². The number of ketones is 1. The number of rotatable bonds is 13. The molecular weight excluding hydrogens is 492 g/mol. The van der Waals surface area contributed by atoms with E-state index in [1.54, 1.807) is 18.2 Å². The van der Waals surface area contributed by atoms with Crippen molar-refractivity contribution >= 4 is 39.3 Å². The number of phenolic OH excluding ortho intramolecular Hbond substituents is 1. The first kappa shape index (κ1) is 27.9. The number of aromatic hydroxyl groups is 1. The number of carbonyl (C=O) groups is 2. The van der Waals surface area contributed by atoms with Crippen LogP contribution in [0.1, 0.15) is 66.4 Å². The van der Waals surface area contributed by atoms with Crippen LogP contribution >= 0.6 is 11.3 Å². The van der Waals surface area contributed by atoms with Crippen molar-refractivity contribution in [2.45, 2.75) is 52.9 Å². The zero-order chi connectivity index (χ0) is 26.9. The van der Waals surface area contributed by atoms with Gasteiger partial charge in [-0.15, -0.1) is 11.3 Å². The molecular formula is C29H32O7S. The predicted molar refractivity (Wildman–Crippen MR) is 146 cm³/mol. The predicted octanol–water partition coefficient (Wildman–Crippen LogP) is 6.02. The third kappa shape index (κ3) is 6.98. The van der Waals surface area contributed by atoms with Crippen molar-refractivity contribution in [3.05, 3.63) is 68.2 Å². The largest absolute Gasteiger partial charge is 0.507 e. The number of aliphatic carboxylic acids is 1. The molecule has 3 rings (SSSR count). The first-order valence-corrected chi connectivity index (χ1v) is 13.2. The Bertz CT molecular complexity index is 1370. The van der Waals surface area contributed by atoms with Crippen LogP contribution in [0.25, 0.3) is 16.2 Å². The molecule has 0 saturated carbocycles. The molecule has 0 unspecified atom stereocenters. The van der Waals surface area contributed by atoms with E-state index in [0.717, 1.165) is 29.2 Å². The Kier molecular flexibility index (Phi) is 9.85. The molecule has 0 spiro atoms. The van der Waals surface area contributed by atoms with Gasteiger partial charge in [-0.05, 0) is 50.1 Å². The summed E-state index contributed by atoms with van der Waals surface area (Å²) in [5, 5.41) is 20.0. The quantitative estimate of drug-likeness (QED) is 0.160. The Balaban J connectivity index is 1.74. The first-order valence-electron chi connectivity index (χ1n) is 12.4.